The third kappa shape index (κ3) is 4.04. The summed E-state index contributed by atoms with van der Waals surface area (Å²) in [6, 6.07) is 19.7. The Bertz CT molecular complexity index is 1100. The molecule has 0 radical (unpaired) electrons. The number of aromatic amines is 1. The molecule has 0 atom stereocenters. The van der Waals surface area contributed by atoms with Crippen LogP contribution in [0.4, 0.5) is 10.3 Å². The molecule has 0 unspecified atom stereocenters. The molecule has 6 nitrogen and oxygen atoms in total. The summed E-state index contributed by atoms with van der Waals surface area (Å²) in [7, 11) is 0. The first-order valence-corrected chi connectivity index (χ1v) is 8.49. The van der Waals surface area contributed by atoms with Crippen molar-refractivity contribution in [3.05, 3.63) is 89.7 Å². The number of hydrazone groups is 1. The molecule has 7 heteroatoms. The highest BCUT2D eigenvalue weighted by Gasteiger charge is 2.08. The number of aromatic nitrogens is 2. The van der Waals surface area contributed by atoms with Gasteiger partial charge in [-0.05, 0) is 66.2 Å². The van der Waals surface area contributed by atoms with Gasteiger partial charge in [0.25, 0.3) is 0 Å². The molecular weight excluding hydrogens is 359 g/mol. The van der Waals surface area contributed by atoms with E-state index in [0.29, 0.717) is 11.7 Å². The van der Waals surface area contributed by atoms with Crippen LogP contribution in [0.5, 0.6) is 5.75 Å². The number of ether oxygens (including phenoxy) is 1. The van der Waals surface area contributed by atoms with Gasteiger partial charge in [0, 0.05) is 0 Å². The fraction of sp³-hybridized carbons (Fsp3) is 0. The molecule has 1 heterocycles. The second-order valence-corrected chi connectivity index (χ2v) is 5.94. The second kappa shape index (κ2) is 7.71. The number of nitrogens with zero attached hydrogens (tertiary/aromatic N) is 2. The summed E-state index contributed by atoms with van der Waals surface area (Å²) in [5.41, 5.74) is 5.71. The van der Waals surface area contributed by atoms with Crippen molar-refractivity contribution >= 4 is 29.2 Å². The van der Waals surface area contributed by atoms with Crippen molar-refractivity contribution in [1.29, 1.82) is 0 Å². The number of carbonyl (C=O) groups is 1. The molecule has 0 saturated carbocycles. The summed E-state index contributed by atoms with van der Waals surface area (Å²) in [4.78, 5) is 19.5. The topological polar surface area (TPSA) is 79.4 Å². The van der Waals surface area contributed by atoms with Gasteiger partial charge in [0.15, 0.2) is 0 Å². The van der Waals surface area contributed by atoms with E-state index in [-0.39, 0.29) is 5.56 Å². The lowest BCUT2D eigenvalue weighted by Crippen LogP contribution is -2.08. The Morgan fingerprint density at radius 2 is 1.79 bits per heavy atom. The van der Waals surface area contributed by atoms with Gasteiger partial charge in [0.1, 0.15) is 11.6 Å². The highest BCUT2D eigenvalue weighted by Crippen LogP contribution is 2.15. The van der Waals surface area contributed by atoms with Gasteiger partial charge in [-0.1, -0.05) is 12.1 Å². The smallest absolute Gasteiger partial charge is 0.343 e. The maximum absolute atomic E-state index is 12.9. The van der Waals surface area contributed by atoms with Gasteiger partial charge in [-0.3, -0.25) is 0 Å². The summed E-state index contributed by atoms with van der Waals surface area (Å²) >= 11 is 0. The minimum absolute atomic E-state index is 0.280. The summed E-state index contributed by atoms with van der Waals surface area (Å²) in [5.74, 6) is -0.0246. The van der Waals surface area contributed by atoms with E-state index in [9.17, 15) is 9.18 Å². The molecule has 0 amide bonds. The predicted molar refractivity (Wildman–Crippen MR) is 105 cm³/mol. The maximum atomic E-state index is 12.9. The lowest BCUT2D eigenvalue weighted by Gasteiger charge is -2.04. The van der Waals surface area contributed by atoms with E-state index < -0.39 is 11.8 Å². The molecular formula is C21H15FN4O2. The molecule has 3 aromatic carbocycles. The monoisotopic (exact) mass is 374 g/mol. The lowest BCUT2D eigenvalue weighted by molar-refractivity contribution is 0.0734. The van der Waals surface area contributed by atoms with Gasteiger partial charge >= 0.3 is 5.97 Å². The van der Waals surface area contributed by atoms with Crippen LogP contribution in [0.2, 0.25) is 0 Å². The van der Waals surface area contributed by atoms with Crippen molar-refractivity contribution in [3.63, 3.8) is 0 Å². The Hall–Kier alpha value is -4.00. The summed E-state index contributed by atoms with van der Waals surface area (Å²) in [5, 5.41) is 4.14. The first-order valence-electron chi connectivity index (χ1n) is 8.49. The molecule has 28 heavy (non-hydrogen) atoms. The number of anilines is 1. The van der Waals surface area contributed by atoms with E-state index in [4.69, 9.17) is 4.74 Å². The molecule has 0 spiro atoms. The lowest BCUT2D eigenvalue weighted by atomic mass is 10.2. The van der Waals surface area contributed by atoms with Crippen LogP contribution in [-0.2, 0) is 0 Å². The van der Waals surface area contributed by atoms with Gasteiger partial charge < -0.3 is 9.72 Å². The fourth-order valence-electron chi connectivity index (χ4n) is 2.55. The number of hydrogen-bond acceptors (Lipinski definition) is 5. The molecule has 2 N–H and O–H groups in total. The maximum Gasteiger partial charge on any atom is 0.343 e. The number of carbonyl (C=O) groups excluding carboxylic acids is 1. The van der Waals surface area contributed by atoms with E-state index >= 15 is 0 Å². The Balaban J connectivity index is 1.36. The van der Waals surface area contributed by atoms with Crippen LogP contribution in [0.15, 0.2) is 77.9 Å². The number of nitrogens with one attached hydrogen (secondary N) is 2. The molecule has 4 aromatic rings. The van der Waals surface area contributed by atoms with Crippen LogP contribution in [0.1, 0.15) is 15.9 Å². The fourth-order valence-corrected chi connectivity index (χ4v) is 2.55. The molecule has 4 rings (SSSR count). The average Bonchev–Trinajstić information content (AvgIpc) is 3.12. The minimum Gasteiger partial charge on any atom is -0.423 e. The zero-order valence-electron chi connectivity index (χ0n) is 14.6. The van der Waals surface area contributed by atoms with E-state index in [1.165, 1.54) is 24.3 Å². The van der Waals surface area contributed by atoms with Crippen LogP contribution in [0, 0.1) is 5.82 Å². The minimum atomic E-state index is -0.548. The van der Waals surface area contributed by atoms with Gasteiger partial charge in [-0.2, -0.15) is 5.10 Å². The standard InChI is InChI=1S/C21H15FN4O2/c22-16-9-7-15(8-10-16)20(27)28-17-11-5-14(6-12-17)13-23-26-21-24-18-3-1-2-4-19(18)25-21/h1-13H,(H2,24,25,26)/b23-13-. The molecule has 0 aliphatic heterocycles. The number of imidazole rings is 1. The summed E-state index contributed by atoms with van der Waals surface area (Å²) in [6.45, 7) is 0. The molecule has 0 bridgehead atoms. The van der Waals surface area contributed by atoms with Crippen LogP contribution in [-0.4, -0.2) is 22.2 Å². The van der Waals surface area contributed by atoms with E-state index in [1.807, 2.05) is 24.3 Å². The number of halogens is 1. The molecule has 0 aliphatic carbocycles. The first kappa shape index (κ1) is 17.4. The Morgan fingerprint density at radius 3 is 2.54 bits per heavy atom. The van der Waals surface area contributed by atoms with Crippen molar-refractivity contribution in [2.75, 3.05) is 5.43 Å². The zero-order chi connectivity index (χ0) is 19.3. The van der Waals surface area contributed by atoms with Crippen molar-refractivity contribution < 1.29 is 13.9 Å². The van der Waals surface area contributed by atoms with Crippen LogP contribution in [0.3, 0.4) is 0 Å². The number of rotatable bonds is 5. The normalized spacial score (nSPS) is 11.0. The number of esters is 1. The molecule has 0 saturated heterocycles. The number of hydrogen-bond donors (Lipinski definition) is 2. The van der Waals surface area contributed by atoms with E-state index in [0.717, 1.165) is 16.6 Å². The third-order valence-electron chi connectivity index (χ3n) is 3.94. The second-order valence-electron chi connectivity index (χ2n) is 5.94. The Kier molecular flexibility index (Phi) is 4.79. The Labute approximate surface area is 159 Å². The molecule has 0 aliphatic rings. The van der Waals surface area contributed by atoms with Gasteiger partial charge in [-0.25, -0.2) is 19.6 Å². The summed E-state index contributed by atoms with van der Waals surface area (Å²) in [6.07, 6.45) is 1.62. The third-order valence-corrected chi connectivity index (χ3v) is 3.94. The van der Waals surface area contributed by atoms with Gasteiger partial charge in [0.05, 0.1) is 22.8 Å². The Morgan fingerprint density at radius 1 is 1.04 bits per heavy atom. The van der Waals surface area contributed by atoms with Gasteiger partial charge in [0.2, 0.25) is 5.95 Å². The largest absolute Gasteiger partial charge is 0.423 e. The molecule has 0 fully saturated rings. The predicted octanol–water partition coefficient (Wildman–Crippen LogP) is 4.37. The number of benzene rings is 3. The quantitative estimate of drug-likeness (QED) is 0.235. The summed E-state index contributed by atoms with van der Waals surface area (Å²) < 4.78 is 18.2. The number of H-pyrrole nitrogens is 1. The van der Waals surface area contributed by atoms with Crippen LogP contribution in [0.25, 0.3) is 11.0 Å². The number of fused-ring (bicyclic) bond motifs is 1. The van der Waals surface area contributed by atoms with Gasteiger partial charge in [-0.15, -0.1) is 0 Å². The van der Waals surface area contributed by atoms with Crippen molar-refractivity contribution in [2.24, 2.45) is 5.10 Å². The van der Waals surface area contributed by atoms with Crippen LogP contribution >= 0.6 is 0 Å². The average molecular weight is 374 g/mol. The van der Waals surface area contributed by atoms with Crippen LogP contribution < -0.4 is 10.2 Å². The van der Waals surface area contributed by atoms with E-state index in [1.54, 1.807) is 30.5 Å². The first-order chi connectivity index (χ1) is 13.7. The number of para-hydroxylation sites is 2. The highest BCUT2D eigenvalue weighted by atomic mass is 19.1. The SMILES string of the molecule is O=C(Oc1ccc(/C=N\Nc2nc3ccccc3[nH]2)cc1)c1ccc(F)cc1. The zero-order valence-corrected chi connectivity index (χ0v) is 14.6. The van der Waals surface area contributed by atoms with Crippen molar-refractivity contribution in [3.8, 4) is 5.75 Å². The molecule has 1 aromatic heterocycles. The molecule has 138 valence electrons. The van der Waals surface area contributed by atoms with Crippen molar-refractivity contribution in [1.82, 2.24) is 9.97 Å². The van der Waals surface area contributed by atoms with Crippen molar-refractivity contribution in [2.45, 2.75) is 0 Å². The highest BCUT2D eigenvalue weighted by molar-refractivity contribution is 5.91. The van der Waals surface area contributed by atoms with E-state index in [2.05, 4.69) is 20.5 Å².